The molecule has 130 valence electrons. The molecule has 0 aromatic heterocycles. The average Bonchev–Trinajstić information content (AvgIpc) is 2.67. The SMILES string of the molecule is COc1ccc(N2CCN(C(=O)c3ccccc3C(=O)O)CC2)cc1. The molecule has 3 rings (SSSR count). The highest BCUT2D eigenvalue weighted by Crippen LogP contribution is 2.21. The summed E-state index contributed by atoms with van der Waals surface area (Å²) in [5.74, 6) is -0.504. The summed E-state index contributed by atoms with van der Waals surface area (Å²) >= 11 is 0. The van der Waals surface area contributed by atoms with Gasteiger partial charge in [-0.25, -0.2) is 4.79 Å². The fourth-order valence-corrected chi connectivity index (χ4v) is 2.99. The van der Waals surface area contributed by atoms with Gasteiger partial charge in [-0.3, -0.25) is 4.79 Å². The van der Waals surface area contributed by atoms with Crippen LogP contribution in [0.15, 0.2) is 48.5 Å². The zero-order valence-electron chi connectivity index (χ0n) is 14.0. The largest absolute Gasteiger partial charge is 0.497 e. The Labute approximate surface area is 146 Å². The highest BCUT2D eigenvalue weighted by atomic mass is 16.5. The third-order valence-corrected chi connectivity index (χ3v) is 4.39. The molecule has 1 aliphatic heterocycles. The lowest BCUT2D eigenvalue weighted by atomic mass is 10.1. The van der Waals surface area contributed by atoms with Crippen molar-refractivity contribution in [1.82, 2.24) is 4.90 Å². The van der Waals surface area contributed by atoms with Crippen molar-refractivity contribution in [3.05, 3.63) is 59.7 Å². The molecule has 6 heteroatoms. The fraction of sp³-hybridized carbons (Fsp3) is 0.263. The van der Waals surface area contributed by atoms with E-state index < -0.39 is 5.97 Å². The normalized spacial score (nSPS) is 14.3. The summed E-state index contributed by atoms with van der Waals surface area (Å²) in [5.41, 5.74) is 1.37. The van der Waals surface area contributed by atoms with Gasteiger partial charge in [0.1, 0.15) is 5.75 Å². The van der Waals surface area contributed by atoms with E-state index in [0.717, 1.165) is 11.4 Å². The summed E-state index contributed by atoms with van der Waals surface area (Å²) in [6, 6.07) is 14.2. The van der Waals surface area contributed by atoms with Crippen molar-refractivity contribution in [2.45, 2.75) is 0 Å². The monoisotopic (exact) mass is 340 g/mol. The molecular formula is C19H20N2O4. The Morgan fingerprint density at radius 3 is 2.08 bits per heavy atom. The number of rotatable bonds is 4. The van der Waals surface area contributed by atoms with Gasteiger partial charge in [-0.15, -0.1) is 0 Å². The van der Waals surface area contributed by atoms with E-state index in [4.69, 9.17) is 4.74 Å². The van der Waals surface area contributed by atoms with Crippen molar-refractivity contribution in [2.24, 2.45) is 0 Å². The Hall–Kier alpha value is -3.02. The summed E-state index contributed by atoms with van der Waals surface area (Å²) in [7, 11) is 1.63. The predicted molar refractivity (Wildman–Crippen MR) is 94.5 cm³/mol. The fourth-order valence-electron chi connectivity index (χ4n) is 2.99. The number of piperazine rings is 1. The number of hydrogen-bond donors (Lipinski definition) is 1. The molecule has 1 heterocycles. The Balaban J connectivity index is 1.67. The number of carboxylic acids is 1. The van der Waals surface area contributed by atoms with Gasteiger partial charge in [0.15, 0.2) is 0 Å². The molecule has 6 nitrogen and oxygen atoms in total. The van der Waals surface area contributed by atoms with Crippen LogP contribution in [0.3, 0.4) is 0 Å². The first-order valence-electron chi connectivity index (χ1n) is 8.11. The number of aromatic carboxylic acids is 1. The number of benzene rings is 2. The van der Waals surface area contributed by atoms with Crippen molar-refractivity contribution in [3.8, 4) is 5.75 Å². The second kappa shape index (κ2) is 7.25. The molecule has 0 unspecified atom stereocenters. The molecule has 0 aliphatic carbocycles. The summed E-state index contributed by atoms with van der Waals surface area (Å²) in [6.45, 7) is 2.51. The van der Waals surface area contributed by atoms with E-state index in [0.29, 0.717) is 26.2 Å². The van der Waals surface area contributed by atoms with Gasteiger partial charge in [0.05, 0.1) is 18.2 Å². The first-order chi connectivity index (χ1) is 12.1. The number of nitrogens with zero attached hydrogens (tertiary/aromatic N) is 2. The second-order valence-corrected chi connectivity index (χ2v) is 5.83. The van der Waals surface area contributed by atoms with E-state index in [2.05, 4.69) is 4.90 Å². The lowest BCUT2D eigenvalue weighted by Gasteiger charge is -2.36. The maximum Gasteiger partial charge on any atom is 0.336 e. The van der Waals surface area contributed by atoms with Crippen LogP contribution in [0.2, 0.25) is 0 Å². The zero-order chi connectivity index (χ0) is 17.8. The molecular weight excluding hydrogens is 320 g/mol. The van der Waals surface area contributed by atoms with Gasteiger partial charge in [0.2, 0.25) is 0 Å². The first-order valence-corrected chi connectivity index (χ1v) is 8.11. The maximum absolute atomic E-state index is 12.7. The lowest BCUT2D eigenvalue weighted by molar-refractivity contribution is 0.0673. The van der Waals surface area contributed by atoms with Gasteiger partial charge in [0.25, 0.3) is 5.91 Å². The van der Waals surface area contributed by atoms with Crippen LogP contribution < -0.4 is 9.64 Å². The highest BCUT2D eigenvalue weighted by Gasteiger charge is 2.25. The topological polar surface area (TPSA) is 70.1 Å². The molecule has 0 atom stereocenters. The molecule has 1 amide bonds. The Morgan fingerprint density at radius 2 is 1.52 bits per heavy atom. The third-order valence-electron chi connectivity index (χ3n) is 4.39. The quantitative estimate of drug-likeness (QED) is 0.925. The van der Waals surface area contributed by atoms with Crippen LogP contribution in [0.25, 0.3) is 0 Å². The summed E-state index contributed by atoms with van der Waals surface area (Å²) in [5, 5.41) is 9.26. The molecule has 1 aliphatic rings. The van der Waals surface area contributed by atoms with Crippen molar-refractivity contribution in [3.63, 3.8) is 0 Å². The molecule has 1 N–H and O–H groups in total. The van der Waals surface area contributed by atoms with Gasteiger partial charge >= 0.3 is 5.97 Å². The van der Waals surface area contributed by atoms with Crippen LogP contribution in [-0.4, -0.2) is 55.2 Å². The Bertz CT molecular complexity index is 765. The molecule has 2 aromatic rings. The van der Waals surface area contributed by atoms with Crippen LogP contribution in [0.5, 0.6) is 5.75 Å². The smallest absolute Gasteiger partial charge is 0.336 e. The van der Waals surface area contributed by atoms with Crippen molar-refractivity contribution in [1.29, 1.82) is 0 Å². The molecule has 25 heavy (non-hydrogen) atoms. The first kappa shape index (κ1) is 16.8. The number of carbonyl (C=O) groups is 2. The minimum absolute atomic E-state index is 0.0464. The lowest BCUT2D eigenvalue weighted by Crippen LogP contribution is -2.49. The standard InChI is InChI=1S/C19H20N2O4/c1-25-15-8-6-14(7-9-15)20-10-12-21(13-11-20)18(22)16-4-2-3-5-17(16)19(23)24/h2-9H,10-13H2,1H3,(H,23,24). The van der Waals surface area contributed by atoms with E-state index in [1.807, 2.05) is 24.3 Å². The van der Waals surface area contributed by atoms with Gasteiger partial charge < -0.3 is 19.6 Å². The van der Waals surface area contributed by atoms with E-state index in [-0.39, 0.29) is 17.0 Å². The van der Waals surface area contributed by atoms with Crippen LogP contribution >= 0.6 is 0 Å². The number of methoxy groups -OCH3 is 1. The van der Waals surface area contributed by atoms with E-state index in [9.17, 15) is 14.7 Å². The average molecular weight is 340 g/mol. The number of amides is 1. The molecule has 2 aromatic carbocycles. The number of carboxylic acid groups (broad SMARTS) is 1. The number of anilines is 1. The molecule has 0 spiro atoms. The molecule has 0 bridgehead atoms. The summed E-state index contributed by atoms with van der Waals surface area (Å²) in [6.07, 6.45) is 0. The molecule has 0 saturated carbocycles. The number of carbonyl (C=O) groups excluding carboxylic acids is 1. The van der Waals surface area contributed by atoms with Gasteiger partial charge in [-0.1, -0.05) is 12.1 Å². The summed E-state index contributed by atoms with van der Waals surface area (Å²) < 4.78 is 5.17. The van der Waals surface area contributed by atoms with Crippen molar-refractivity contribution >= 4 is 17.6 Å². The summed E-state index contributed by atoms with van der Waals surface area (Å²) in [4.78, 5) is 27.9. The van der Waals surface area contributed by atoms with Crippen molar-refractivity contribution < 1.29 is 19.4 Å². The second-order valence-electron chi connectivity index (χ2n) is 5.83. The molecule has 1 fully saturated rings. The van der Waals surface area contributed by atoms with E-state index in [1.54, 1.807) is 30.2 Å². The third kappa shape index (κ3) is 3.57. The molecule has 0 radical (unpaired) electrons. The minimum Gasteiger partial charge on any atom is -0.497 e. The zero-order valence-corrected chi connectivity index (χ0v) is 14.0. The molecule has 1 saturated heterocycles. The maximum atomic E-state index is 12.7. The van der Waals surface area contributed by atoms with Crippen LogP contribution in [0.1, 0.15) is 20.7 Å². The minimum atomic E-state index is -1.08. The van der Waals surface area contributed by atoms with Gasteiger partial charge in [0, 0.05) is 31.9 Å². The Morgan fingerprint density at radius 1 is 0.920 bits per heavy atom. The van der Waals surface area contributed by atoms with Crippen molar-refractivity contribution in [2.75, 3.05) is 38.2 Å². The number of hydrogen-bond acceptors (Lipinski definition) is 4. The number of ether oxygens (including phenoxy) is 1. The van der Waals surface area contributed by atoms with Gasteiger partial charge in [-0.05, 0) is 36.4 Å². The van der Waals surface area contributed by atoms with Crippen LogP contribution in [0.4, 0.5) is 5.69 Å². The highest BCUT2D eigenvalue weighted by molar-refractivity contribution is 6.04. The van der Waals surface area contributed by atoms with Gasteiger partial charge in [-0.2, -0.15) is 0 Å². The van der Waals surface area contributed by atoms with E-state index >= 15 is 0 Å². The Kier molecular flexibility index (Phi) is 4.88. The van der Waals surface area contributed by atoms with Crippen LogP contribution in [0, 0.1) is 0 Å². The van der Waals surface area contributed by atoms with E-state index in [1.165, 1.54) is 6.07 Å². The van der Waals surface area contributed by atoms with Crippen LogP contribution in [-0.2, 0) is 0 Å². The predicted octanol–water partition coefficient (Wildman–Crippen LogP) is 2.36.